The van der Waals surface area contributed by atoms with E-state index in [9.17, 15) is 0 Å². The van der Waals surface area contributed by atoms with Crippen molar-refractivity contribution in [2.24, 2.45) is 11.8 Å². The van der Waals surface area contributed by atoms with Crippen LogP contribution in [0.5, 0.6) is 0 Å². The molecule has 0 amide bonds. The second-order valence-electron chi connectivity index (χ2n) is 6.94. The summed E-state index contributed by atoms with van der Waals surface area (Å²) in [6.07, 6.45) is 12.9. The molecule has 2 heteroatoms. The van der Waals surface area contributed by atoms with Gasteiger partial charge in [0.15, 0.2) is 0 Å². The van der Waals surface area contributed by atoms with Gasteiger partial charge in [-0.1, -0.05) is 26.2 Å². The summed E-state index contributed by atoms with van der Waals surface area (Å²) < 4.78 is 0. The molecule has 0 bridgehead atoms. The van der Waals surface area contributed by atoms with Crippen LogP contribution in [0.15, 0.2) is 0 Å². The fraction of sp³-hybridized carbons (Fsp3) is 1.00. The first kappa shape index (κ1) is 12.9. The highest BCUT2D eigenvalue weighted by atomic mass is 15.0. The molecule has 2 aliphatic carbocycles. The third-order valence-electron chi connectivity index (χ3n) is 5.72. The molecule has 0 aromatic carbocycles. The third-order valence-corrected chi connectivity index (χ3v) is 5.72. The minimum absolute atomic E-state index is 0.805. The van der Waals surface area contributed by atoms with Gasteiger partial charge < -0.3 is 10.6 Å². The van der Waals surface area contributed by atoms with Crippen LogP contribution in [0.3, 0.4) is 0 Å². The summed E-state index contributed by atoms with van der Waals surface area (Å²) in [4.78, 5) is 0. The lowest BCUT2D eigenvalue weighted by Gasteiger charge is -2.38. The van der Waals surface area contributed by atoms with E-state index < -0.39 is 0 Å². The lowest BCUT2D eigenvalue weighted by molar-refractivity contribution is 0.192. The molecule has 0 aromatic rings. The van der Waals surface area contributed by atoms with Crippen LogP contribution in [-0.4, -0.2) is 24.7 Å². The van der Waals surface area contributed by atoms with Crippen LogP contribution in [0.1, 0.15) is 64.7 Å². The molecule has 0 radical (unpaired) electrons. The minimum Gasteiger partial charge on any atom is -0.314 e. The highest BCUT2D eigenvalue weighted by Gasteiger charge is 2.35. The Balaban J connectivity index is 1.60. The second-order valence-corrected chi connectivity index (χ2v) is 6.94. The van der Waals surface area contributed by atoms with Crippen molar-refractivity contribution < 1.29 is 0 Å². The van der Waals surface area contributed by atoms with Crippen molar-refractivity contribution in [3.8, 4) is 0 Å². The van der Waals surface area contributed by atoms with Gasteiger partial charge in [-0.05, 0) is 56.9 Å². The van der Waals surface area contributed by atoms with Gasteiger partial charge in [0.05, 0.1) is 0 Å². The summed E-state index contributed by atoms with van der Waals surface area (Å²) in [5.41, 5.74) is 0. The first-order chi connectivity index (χ1) is 8.84. The maximum Gasteiger partial charge on any atom is 0.0113 e. The molecule has 5 unspecified atom stereocenters. The van der Waals surface area contributed by atoms with Gasteiger partial charge in [0.25, 0.3) is 0 Å². The van der Waals surface area contributed by atoms with Crippen molar-refractivity contribution in [3.63, 3.8) is 0 Å². The van der Waals surface area contributed by atoms with Gasteiger partial charge in [0.2, 0.25) is 0 Å². The van der Waals surface area contributed by atoms with Gasteiger partial charge in [0.1, 0.15) is 0 Å². The quantitative estimate of drug-likeness (QED) is 0.804. The van der Waals surface area contributed by atoms with Crippen LogP contribution < -0.4 is 10.6 Å². The van der Waals surface area contributed by atoms with E-state index in [0.29, 0.717) is 0 Å². The SMILES string of the molecule is CC1CCCC1NC1CCCCC1C1CCCN1. The molecule has 18 heavy (non-hydrogen) atoms. The largest absolute Gasteiger partial charge is 0.314 e. The average Bonchev–Trinajstić information content (AvgIpc) is 3.03. The van der Waals surface area contributed by atoms with Gasteiger partial charge in [-0.2, -0.15) is 0 Å². The Labute approximate surface area is 112 Å². The second kappa shape index (κ2) is 5.92. The van der Waals surface area contributed by atoms with Crippen molar-refractivity contribution in [1.82, 2.24) is 10.6 Å². The Morgan fingerprint density at radius 3 is 2.39 bits per heavy atom. The van der Waals surface area contributed by atoms with Crippen LogP contribution in [-0.2, 0) is 0 Å². The lowest BCUT2D eigenvalue weighted by Crippen LogP contribution is -2.50. The Kier molecular flexibility index (Phi) is 4.25. The molecule has 104 valence electrons. The van der Waals surface area contributed by atoms with E-state index in [2.05, 4.69) is 17.6 Å². The van der Waals surface area contributed by atoms with E-state index in [-0.39, 0.29) is 0 Å². The molecule has 3 rings (SSSR count). The summed E-state index contributed by atoms with van der Waals surface area (Å²) in [6.45, 7) is 3.70. The van der Waals surface area contributed by atoms with E-state index in [0.717, 1.165) is 30.0 Å². The zero-order valence-electron chi connectivity index (χ0n) is 12.0. The van der Waals surface area contributed by atoms with Crippen LogP contribution in [0, 0.1) is 11.8 Å². The summed E-state index contributed by atoms with van der Waals surface area (Å²) in [5.74, 6) is 1.82. The average molecular weight is 250 g/mol. The molecule has 1 saturated heterocycles. The molecule has 1 heterocycles. The van der Waals surface area contributed by atoms with Crippen molar-refractivity contribution >= 4 is 0 Å². The Bertz CT molecular complexity index is 260. The van der Waals surface area contributed by atoms with Crippen molar-refractivity contribution in [2.45, 2.75) is 82.8 Å². The first-order valence-corrected chi connectivity index (χ1v) is 8.34. The van der Waals surface area contributed by atoms with E-state index in [1.807, 2.05) is 0 Å². The predicted octanol–water partition coefficient (Wildman–Crippen LogP) is 3.08. The maximum absolute atomic E-state index is 4.05. The van der Waals surface area contributed by atoms with E-state index in [4.69, 9.17) is 0 Å². The van der Waals surface area contributed by atoms with Gasteiger partial charge in [0, 0.05) is 18.1 Å². The Morgan fingerprint density at radius 1 is 0.833 bits per heavy atom. The van der Waals surface area contributed by atoms with Crippen molar-refractivity contribution in [1.29, 1.82) is 0 Å². The lowest BCUT2D eigenvalue weighted by atomic mass is 9.78. The first-order valence-electron chi connectivity index (χ1n) is 8.34. The predicted molar refractivity (Wildman–Crippen MR) is 76.7 cm³/mol. The molecular formula is C16H30N2. The van der Waals surface area contributed by atoms with E-state index >= 15 is 0 Å². The Hall–Kier alpha value is -0.0800. The topological polar surface area (TPSA) is 24.1 Å². The molecule has 3 fully saturated rings. The number of rotatable bonds is 3. The summed E-state index contributed by atoms with van der Waals surface area (Å²) in [7, 11) is 0. The third kappa shape index (κ3) is 2.75. The zero-order chi connectivity index (χ0) is 12.4. The monoisotopic (exact) mass is 250 g/mol. The van der Waals surface area contributed by atoms with Gasteiger partial charge in [-0.25, -0.2) is 0 Å². The molecule has 0 aromatic heterocycles. The molecule has 1 aliphatic heterocycles. The number of nitrogens with one attached hydrogen (secondary N) is 2. The molecule has 0 spiro atoms. The normalized spacial score (nSPS) is 45.5. The minimum atomic E-state index is 0.805. The molecule has 3 aliphatic rings. The van der Waals surface area contributed by atoms with Gasteiger partial charge >= 0.3 is 0 Å². The smallest absolute Gasteiger partial charge is 0.0113 e. The summed E-state index contributed by atoms with van der Waals surface area (Å²) in [6, 6.07) is 2.44. The van der Waals surface area contributed by atoms with Crippen LogP contribution >= 0.6 is 0 Å². The molecule has 2 saturated carbocycles. The van der Waals surface area contributed by atoms with Gasteiger partial charge in [-0.3, -0.25) is 0 Å². The number of hydrogen-bond donors (Lipinski definition) is 2. The molecule has 2 nitrogen and oxygen atoms in total. The van der Waals surface area contributed by atoms with E-state index in [1.165, 1.54) is 64.3 Å². The highest BCUT2D eigenvalue weighted by molar-refractivity contribution is 4.94. The van der Waals surface area contributed by atoms with Crippen molar-refractivity contribution in [3.05, 3.63) is 0 Å². The highest BCUT2D eigenvalue weighted by Crippen LogP contribution is 2.33. The number of hydrogen-bond acceptors (Lipinski definition) is 2. The summed E-state index contributed by atoms with van der Waals surface area (Å²) >= 11 is 0. The van der Waals surface area contributed by atoms with E-state index in [1.54, 1.807) is 0 Å². The summed E-state index contributed by atoms with van der Waals surface area (Å²) in [5, 5.41) is 7.81. The Morgan fingerprint density at radius 2 is 1.67 bits per heavy atom. The molecule has 2 N–H and O–H groups in total. The van der Waals surface area contributed by atoms with Crippen LogP contribution in [0.4, 0.5) is 0 Å². The van der Waals surface area contributed by atoms with Gasteiger partial charge in [-0.15, -0.1) is 0 Å². The van der Waals surface area contributed by atoms with Crippen LogP contribution in [0.2, 0.25) is 0 Å². The fourth-order valence-electron chi connectivity index (χ4n) is 4.59. The van der Waals surface area contributed by atoms with Crippen molar-refractivity contribution in [2.75, 3.05) is 6.54 Å². The molecule has 5 atom stereocenters. The maximum atomic E-state index is 4.05. The van der Waals surface area contributed by atoms with Crippen LogP contribution in [0.25, 0.3) is 0 Å². The zero-order valence-corrected chi connectivity index (χ0v) is 12.0. The fourth-order valence-corrected chi connectivity index (χ4v) is 4.59. The molecular weight excluding hydrogens is 220 g/mol. The standard InChI is InChI=1S/C16H30N2/c1-12-6-4-9-14(12)18-16-8-3-2-7-13(16)15-10-5-11-17-15/h12-18H,2-11H2,1H3.